The summed E-state index contributed by atoms with van der Waals surface area (Å²) in [4.78, 5) is 38.7. The van der Waals surface area contributed by atoms with Gasteiger partial charge in [-0.1, -0.05) is 18.2 Å². The molecule has 9 heteroatoms. The number of rotatable bonds is 5. The van der Waals surface area contributed by atoms with Crippen LogP contribution in [0.3, 0.4) is 0 Å². The van der Waals surface area contributed by atoms with E-state index in [9.17, 15) is 14.4 Å². The van der Waals surface area contributed by atoms with Gasteiger partial charge in [-0.25, -0.2) is 9.59 Å². The van der Waals surface area contributed by atoms with Gasteiger partial charge in [-0.3, -0.25) is 9.36 Å². The van der Waals surface area contributed by atoms with Crippen molar-refractivity contribution in [3.8, 4) is 0 Å². The monoisotopic (exact) mass is 359 g/mol. The van der Waals surface area contributed by atoms with Gasteiger partial charge in [-0.05, 0) is 18.2 Å². The predicted molar refractivity (Wildman–Crippen MR) is 89.4 cm³/mol. The summed E-state index contributed by atoms with van der Waals surface area (Å²) in [5.41, 5.74) is -0.164. The molecule has 1 aromatic carbocycles. The highest BCUT2D eigenvalue weighted by Gasteiger charge is 2.29. The molecule has 0 bridgehead atoms. The average molecular weight is 359 g/mol. The van der Waals surface area contributed by atoms with Crippen molar-refractivity contribution in [3.63, 3.8) is 0 Å². The Bertz CT molecular complexity index is 851. The van der Waals surface area contributed by atoms with Crippen molar-refractivity contribution in [1.82, 2.24) is 9.55 Å². The van der Waals surface area contributed by atoms with Gasteiger partial charge in [0.1, 0.15) is 12.4 Å². The molecule has 1 aliphatic heterocycles. The van der Waals surface area contributed by atoms with Crippen LogP contribution in [0.4, 0.5) is 5.82 Å². The molecule has 2 atom stereocenters. The number of aromatic nitrogens is 2. The summed E-state index contributed by atoms with van der Waals surface area (Å²) in [6, 6.07) is 10.0. The topological polar surface area (TPSA) is 109 Å². The van der Waals surface area contributed by atoms with E-state index in [-0.39, 0.29) is 24.9 Å². The van der Waals surface area contributed by atoms with E-state index in [0.717, 1.165) is 0 Å². The van der Waals surface area contributed by atoms with Crippen LogP contribution in [-0.2, 0) is 19.0 Å². The van der Waals surface area contributed by atoms with Crippen LogP contribution in [0.2, 0.25) is 0 Å². The lowest BCUT2D eigenvalue weighted by Gasteiger charge is -2.14. The molecule has 9 nitrogen and oxygen atoms in total. The molecule has 0 saturated carbocycles. The highest BCUT2D eigenvalue weighted by molar-refractivity contribution is 5.89. The zero-order valence-corrected chi connectivity index (χ0v) is 14.0. The van der Waals surface area contributed by atoms with Crippen LogP contribution in [0.25, 0.3) is 0 Å². The van der Waals surface area contributed by atoms with Crippen molar-refractivity contribution in [1.29, 1.82) is 0 Å². The number of anilines is 1. The van der Waals surface area contributed by atoms with Crippen molar-refractivity contribution in [2.24, 2.45) is 0 Å². The van der Waals surface area contributed by atoms with Crippen LogP contribution in [0.15, 0.2) is 47.4 Å². The SMILES string of the molecule is CC(=O)Nc1ccn(C2CO[C@H](COC(=O)c3ccccc3)O2)c(=O)n1. The van der Waals surface area contributed by atoms with Gasteiger partial charge in [0.25, 0.3) is 0 Å². The number of hydrogen-bond donors (Lipinski definition) is 1. The average Bonchev–Trinajstić information content (AvgIpc) is 3.08. The first-order valence-corrected chi connectivity index (χ1v) is 7.89. The molecule has 1 N–H and O–H groups in total. The third kappa shape index (κ3) is 4.32. The fraction of sp³-hybridized carbons (Fsp3) is 0.294. The van der Waals surface area contributed by atoms with Crippen molar-refractivity contribution in [3.05, 3.63) is 58.6 Å². The standard InChI is InChI=1S/C17H17N3O6/c1-11(21)18-13-7-8-20(17(23)19-13)14-9-24-15(26-14)10-25-16(22)12-5-3-2-4-6-12/h2-8,14-15H,9-10H2,1H3,(H,18,19,21,23)/t14?,15-/m0/s1. The quantitative estimate of drug-likeness (QED) is 0.791. The van der Waals surface area contributed by atoms with Crippen LogP contribution in [0, 0.1) is 0 Å². The Morgan fingerprint density at radius 3 is 2.77 bits per heavy atom. The number of carbonyl (C=O) groups is 2. The van der Waals surface area contributed by atoms with E-state index in [1.54, 1.807) is 30.3 Å². The Balaban J connectivity index is 1.56. The van der Waals surface area contributed by atoms with Crippen LogP contribution in [0.5, 0.6) is 0 Å². The first kappa shape index (κ1) is 17.8. The summed E-state index contributed by atoms with van der Waals surface area (Å²) >= 11 is 0. The number of hydrogen-bond acceptors (Lipinski definition) is 7. The molecular weight excluding hydrogens is 342 g/mol. The van der Waals surface area contributed by atoms with E-state index in [0.29, 0.717) is 5.56 Å². The minimum Gasteiger partial charge on any atom is -0.457 e. The van der Waals surface area contributed by atoms with Crippen LogP contribution < -0.4 is 11.0 Å². The molecule has 1 saturated heterocycles. The Morgan fingerprint density at radius 1 is 1.31 bits per heavy atom. The van der Waals surface area contributed by atoms with Crippen LogP contribution >= 0.6 is 0 Å². The summed E-state index contributed by atoms with van der Waals surface area (Å²) in [5, 5.41) is 2.43. The molecule has 0 aliphatic carbocycles. The van der Waals surface area contributed by atoms with Gasteiger partial charge in [0.2, 0.25) is 5.91 Å². The van der Waals surface area contributed by atoms with Crippen LogP contribution in [-0.4, -0.2) is 40.9 Å². The van der Waals surface area contributed by atoms with E-state index >= 15 is 0 Å². The van der Waals surface area contributed by atoms with E-state index in [1.165, 1.54) is 23.8 Å². The summed E-state index contributed by atoms with van der Waals surface area (Å²) in [5.74, 6) is -0.652. The van der Waals surface area contributed by atoms with Gasteiger partial charge in [0, 0.05) is 13.1 Å². The van der Waals surface area contributed by atoms with Gasteiger partial charge in [-0.15, -0.1) is 0 Å². The number of nitrogens with zero attached hydrogens (tertiary/aromatic N) is 2. The van der Waals surface area contributed by atoms with Crippen molar-refractivity contribution < 1.29 is 23.8 Å². The Hall–Kier alpha value is -3.04. The fourth-order valence-corrected chi connectivity index (χ4v) is 2.36. The molecular formula is C17H17N3O6. The van der Waals surface area contributed by atoms with Crippen LogP contribution in [0.1, 0.15) is 23.5 Å². The minimum atomic E-state index is -0.783. The van der Waals surface area contributed by atoms with Crippen molar-refractivity contribution in [2.45, 2.75) is 19.4 Å². The third-order valence-electron chi connectivity index (χ3n) is 3.54. The molecule has 26 heavy (non-hydrogen) atoms. The van der Waals surface area contributed by atoms with E-state index in [2.05, 4.69) is 10.3 Å². The first-order valence-electron chi connectivity index (χ1n) is 7.89. The predicted octanol–water partition coefficient (Wildman–Crippen LogP) is 0.930. The van der Waals surface area contributed by atoms with Crippen molar-refractivity contribution >= 4 is 17.7 Å². The Labute approximate surface area is 148 Å². The number of nitrogens with one attached hydrogen (secondary N) is 1. The van der Waals surface area contributed by atoms with E-state index in [4.69, 9.17) is 14.2 Å². The fourth-order valence-electron chi connectivity index (χ4n) is 2.36. The second-order valence-corrected chi connectivity index (χ2v) is 5.50. The smallest absolute Gasteiger partial charge is 0.351 e. The zero-order chi connectivity index (χ0) is 18.5. The number of benzene rings is 1. The molecule has 2 aromatic rings. The second-order valence-electron chi connectivity index (χ2n) is 5.50. The normalized spacial score (nSPS) is 19.1. The summed E-state index contributed by atoms with van der Waals surface area (Å²) < 4.78 is 17.4. The first-order chi connectivity index (χ1) is 12.5. The van der Waals surface area contributed by atoms with E-state index in [1.807, 2.05) is 0 Å². The lowest BCUT2D eigenvalue weighted by atomic mass is 10.2. The molecule has 2 heterocycles. The zero-order valence-electron chi connectivity index (χ0n) is 14.0. The van der Waals surface area contributed by atoms with Gasteiger partial charge in [0.05, 0.1) is 12.2 Å². The highest BCUT2D eigenvalue weighted by Crippen LogP contribution is 2.20. The largest absolute Gasteiger partial charge is 0.457 e. The minimum absolute atomic E-state index is 0.101. The van der Waals surface area contributed by atoms with Gasteiger partial charge in [-0.2, -0.15) is 4.98 Å². The Kier molecular flexibility index (Phi) is 5.40. The number of esters is 1. The molecule has 1 aromatic heterocycles. The van der Waals surface area contributed by atoms with Gasteiger partial charge in [0.15, 0.2) is 12.5 Å². The molecule has 0 spiro atoms. The maximum absolute atomic E-state index is 12.0. The van der Waals surface area contributed by atoms with Gasteiger partial charge < -0.3 is 19.5 Å². The molecule has 1 aliphatic rings. The highest BCUT2D eigenvalue weighted by atomic mass is 16.7. The van der Waals surface area contributed by atoms with E-state index < -0.39 is 24.2 Å². The Morgan fingerprint density at radius 2 is 2.08 bits per heavy atom. The molecule has 1 unspecified atom stereocenters. The maximum atomic E-state index is 12.0. The lowest BCUT2D eigenvalue weighted by Crippen LogP contribution is -2.29. The second kappa shape index (κ2) is 7.89. The molecule has 1 amide bonds. The summed E-state index contributed by atoms with van der Waals surface area (Å²) in [7, 11) is 0. The summed E-state index contributed by atoms with van der Waals surface area (Å²) in [6.45, 7) is 1.33. The number of ether oxygens (including phenoxy) is 3. The third-order valence-corrected chi connectivity index (χ3v) is 3.54. The molecule has 1 fully saturated rings. The summed E-state index contributed by atoms with van der Waals surface area (Å²) in [6.07, 6.45) is -0.0242. The lowest BCUT2D eigenvalue weighted by molar-refractivity contribution is -0.114. The number of carbonyl (C=O) groups excluding carboxylic acids is 2. The molecule has 3 rings (SSSR count). The molecule has 0 radical (unpaired) electrons. The number of amides is 1. The van der Waals surface area contributed by atoms with Crippen molar-refractivity contribution in [2.75, 3.05) is 18.5 Å². The maximum Gasteiger partial charge on any atom is 0.351 e. The van der Waals surface area contributed by atoms with Gasteiger partial charge >= 0.3 is 11.7 Å². The molecule has 136 valence electrons.